The van der Waals surface area contributed by atoms with E-state index < -0.39 is 45.6 Å². The van der Waals surface area contributed by atoms with Gasteiger partial charge in [0.2, 0.25) is 5.92 Å². The molecule has 13 heteroatoms. The molecule has 3 amide bonds. The van der Waals surface area contributed by atoms with E-state index in [-0.39, 0.29) is 59.0 Å². The fourth-order valence-corrected chi connectivity index (χ4v) is 5.21. The number of carbonyl (C=O) groups is 3. The van der Waals surface area contributed by atoms with Crippen molar-refractivity contribution in [1.29, 1.82) is 0 Å². The normalized spacial score (nSPS) is 16.9. The molecule has 1 fully saturated rings. The molecule has 39 heavy (non-hydrogen) atoms. The number of amides is 3. The predicted octanol–water partition coefficient (Wildman–Crippen LogP) is 4.76. The van der Waals surface area contributed by atoms with Crippen molar-refractivity contribution in [3.8, 4) is 0 Å². The molecule has 1 aromatic heterocycles. The van der Waals surface area contributed by atoms with Gasteiger partial charge >= 0.3 is 6.09 Å². The number of aromatic nitrogens is 1. The molecular weight excluding hydrogens is 532 g/mol. The van der Waals surface area contributed by atoms with Gasteiger partial charge in [-0.3, -0.25) is 9.59 Å². The molecule has 0 saturated carbocycles. The monoisotopic (exact) mass is 565 g/mol. The summed E-state index contributed by atoms with van der Waals surface area (Å²) in [5, 5.41) is 2.69. The largest absolute Gasteiger partial charge is 0.442 e. The number of hydrogen-bond donors (Lipinski definition) is 2. The summed E-state index contributed by atoms with van der Waals surface area (Å²) in [5.74, 6) is -4.13. The van der Waals surface area contributed by atoms with Gasteiger partial charge in [0.05, 0.1) is 20.9 Å². The summed E-state index contributed by atoms with van der Waals surface area (Å²) in [7, 11) is -3.22. The minimum absolute atomic E-state index is 0.0117. The zero-order valence-electron chi connectivity index (χ0n) is 22.5. The van der Waals surface area contributed by atoms with Gasteiger partial charge in [-0.15, -0.1) is 4.36 Å². The topological polar surface area (TPSA) is 144 Å². The molecule has 3 rings (SSSR count). The van der Waals surface area contributed by atoms with Crippen LogP contribution in [0.25, 0.3) is 0 Å². The van der Waals surface area contributed by atoms with E-state index in [0.29, 0.717) is 0 Å². The van der Waals surface area contributed by atoms with E-state index in [1.54, 1.807) is 25.7 Å². The van der Waals surface area contributed by atoms with Crippen molar-refractivity contribution in [2.45, 2.75) is 63.4 Å². The molecule has 0 unspecified atom stereocenters. The zero-order chi connectivity index (χ0) is 29.2. The van der Waals surface area contributed by atoms with Gasteiger partial charge in [0, 0.05) is 49.0 Å². The molecule has 212 valence electrons. The minimum atomic E-state index is -3.22. The van der Waals surface area contributed by atoms with E-state index in [1.807, 2.05) is 0 Å². The molecular formula is C26H33F2N5O5S. The number of rotatable bonds is 5. The minimum Gasteiger partial charge on any atom is -0.442 e. The number of alkyl halides is 2. The van der Waals surface area contributed by atoms with Gasteiger partial charge in [-0.25, -0.2) is 22.8 Å². The summed E-state index contributed by atoms with van der Waals surface area (Å²) in [5.41, 5.74) is 5.15. The van der Waals surface area contributed by atoms with Gasteiger partial charge in [0.25, 0.3) is 11.8 Å². The Morgan fingerprint density at radius 3 is 2.54 bits per heavy atom. The van der Waals surface area contributed by atoms with Gasteiger partial charge in [-0.1, -0.05) is 6.07 Å². The Bertz CT molecular complexity index is 1410. The molecule has 2 aromatic rings. The van der Waals surface area contributed by atoms with E-state index in [2.05, 4.69) is 14.7 Å². The lowest BCUT2D eigenvalue weighted by molar-refractivity contribution is -0.0102. The average molecular weight is 566 g/mol. The maximum absolute atomic E-state index is 14.0. The first kappa shape index (κ1) is 29.9. The number of nitrogens with one attached hydrogen (secondary N) is 1. The number of primary amides is 1. The molecule has 2 heterocycles. The van der Waals surface area contributed by atoms with Gasteiger partial charge in [-0.2, -0.15) is 0 Å². The van der Waals surface area contributed by atoms with Crippen LogP contribution in [0.1, 0.15) is 66.3 Å². The third-order valence-corrected chi connectivity index (χ3v) is 7.63. The van der Waals surface area contributed by atoms with E-state index in [4.69, 9.17) is 10.5 Å². The third kappa shape index (κ3) is 7.71. The summed E-state index contributed by atoms with van der Waals surface area (Å²) in [6.45, 7) is 6.71. The van der Waals surface area contributed by atoms with Crippen molar-refractivity contribution in [3.05, 3.63) is 47.2 Å². The summed E-state index contributed by atoms with van der Waals surface area (Å²) >= 11 is 0. The quantitative estimate of drug-likeness (QED) is 0.532. The summed E-state index contributed by atoms with van der Waals surface area (Å²) < 4.78 is 50.0. The Labute approximate surface area is 226 Å². The molecule has 1 atom stereocenters. The Balaban J connectivity index is 1.97. The van der Waals surface area contributed by atoms with Gasteiger partial charge < -0.3 is 20.7 Å². The fraction of sp³-hybridized carbons (Fsp3) is 0.462. The lowest BCUT2D eigenvalue weighted by Crippen LogP contribution is -2.31. The molecule has 0 spiro atoms. The van der Waals surface area contributed by atoms with Gasteiger partial charge in [0.15, 0.2) is 0 Å². The van der Waals surface area contributed by atoms with Gasteiger partial charge in [-0.05, 0) is 57.9 Å². The number of hydrogen-bond acceptors (Lipinski definition) is 7. The van der Waals surface area contributed by atoms with Crippen LogP contribution in [0.5, 0.6) is 0 Å². The molecule has 1 aliphatic heterocycles. The second-order valence-electron chi connectivity index (χ2n) is 10.4. The van der Waals surface area contributed by atoms with Crippen molar-refractivity contribution < 1.29 is 32.1 Å². The lowest BCUT2D eigenvalue weighted by atomic mass is 10.0. The van der Waals surface area contributed by atoms with Crippen LogP contribution in [0.2, 0.25) is 0 Å². The van der Waals surface area contributed by atoms with Crippen molar-refractivity contribution in [2.24, 2.45) is 10.1 Å². The summed E-state index contributed by atoms with van der Waals surface area (Å²) in [6.07, 6.45) is 1.04. The van der Waals surface area contributed by atoms with Crippen LogP contribution in [0.4, 0.5) is 25.1 Å². The van der Waals surface area contributed by atoms with E-state index >= 15 is 0 Å². The fourth-order valence-electron chi connectivity index (χ4n) is 4.10. The van der Waals surface area contributed by atoms with Crippen LogP contribution in [0, 0.1) is 6.92 Å². The SMILES string of the molecule is Cc1c(C(N)=O)cnc(N2CCCC(F)(F)CC2)c1C(=O)Nc1cccc([S@@](C)(=O)=NC(=O)OC(C)(C)C)c1. The number of ether oxygens (including phenoxy) is 1. The first-order chi connectivity index (χ1) is 18.0. The summed E-state index contributed by atoms with van der Waals surface area (Å²) in [4.78, 5) is 43.7. The molecule has 0 radical (unpaired) electrons. The van der Waals surface area contributed by atoms with E-state index in [0.717, 1.165) is 0 Å². The Kier molecular flexibility index (Phi) is 8.63. The molecule has 1 aromatic carbocycles. The highest BCUT2D eigenvalue weighted by atomic mass is 32.2. The van der Waals surface area contributed by atoms with Crippen molar-refractivity contribution >= 4 is 39.1 Å². The van der Waals surface area contributed by atoms with E-state index in [9.17, 15) is 27.4 Å². The second-order valence-corrected chi connectivity index (χ2v) is 12.7. The highest BCUT2D eigenvalue weighted by Gasteiger charge is 2.34. The molecule has 3 N–H and O–H groups in total. The standard InChI is InChI=1S/C26H33F2N5O5S/c1-16-19(21(29)34)15-30-22(33-12-7-10-26(27,28)11-13-33)20(16)23(35)31-17-8-6-9-18(14-17)39(5,37)32-24(36)38-25(2,3)4/h6,8-9,14-15H,7,10-13H2,1-5H3,(H2,29,34)(H,31,35)/t39-/m1/s1. The molecule has 10 nitrogen and oxygen atoms in total. The number of carbonyl (C=O) groups excluding carboxylic acids is 3. The van der Waals surface area contributed by atoms with Crippen molar-refractivity contribution in [3.63, 3.8) is 0 Å². The molecule has 0 bridgehead atoms. The predicted molar refractivity (Wildman–Crippen MR) is 144 cm³/mol. The zero-order valence-corrected chi connectivity index (χ0v) is 23.4. The Morgan fingerprint density at radius 1 is 1.21 bits per heavy atom. The van der Waals surface area contributed by atoms with Crippen LogP contribution < -0.4 is 16.0 Å². The maximum Gasteiger partial charge on any atom is 0.442 e. The number of pyridine rings is 1. The van der Waals surface area contributed by atoms with Crippen molar-refractivity contribution in [2.75, 3.05) is 29.6 Å². The van der Waals surface area contributed by atoms with E-state index in [1.165, 1.54) is 43.6 Å². The number of halogens is 2. The van der Waals surface area contributed by atoms with Crippen LogP contribution >= 0.6 is 0 Å². The molecule has 1 saturated heterocycles. The first-order valence-corrected chi connectivity index (χ1v) is 14.2. The van der Waals surface area contributed by atoms with Crippen LogP contribution in [-0.2, 0) is 14.5 Å². The highest BCUT2D eigenvalue weighted by Crippen LogP contribution is 2.32. The van der Waals surface area contributed by atoms with Crippen LogP contribution in [0.3, 0.4) is 0 Å². The number of anilines is 2. The van der Waals surface area contributed by atoms with Crippen molar-refractivity contribution in [1.82, 2.24) is 4.98 Å². The number of nitrogens with two attached hydrogens (primary N) is 1. The summed E-state index contributed by atoms with van der Waals surface area (Å²) in [6, 6.07) is 5.97. The Morgan fingerprint density at radius 2 is 1.90 bits per heavy atom. The Hall–Kier alpha value is -3.61. The number of nitrogens with zero attached hydrogens (tertiary/aromatic N) is 3. The van der Waals surface area contributed by atoms with Crippen LogP contribution in [0.15, 0.2) is 39.7 Å². The molecule has 0 aliphatic carbocycles. The second kappa shape index (κ2) is 11.2. The smallest absolute Gasteiger partial charge is 0.442 e. The van der Waals surface area contributed by atoms with Crippen LogP contribution in [-0.4, -0.2) is 58.0 Å². The maximum atomic E-state index is 14.0. The lowest BCUT2D eigenvalue weighted by Gasteiger charge is -2.25. The number of benzene rings is 1. The first-order valence-electron chi connectivity index (χ1n) is 12.3. The van der Waals surface area contributed by atoms with Gasteiger partial charge in [0.1, 0.15) is 11.4 Å². The average Bonchev–Trinajstić information content (AvgIpc) is 2.97. The third-order valence-electron chi connectivity index (χ3n) is 6.00. The highest BCUT2D eigenvalue weighted by molar-refractivity contribution is 7.93. The molecule has 1 aliphatic rings.